The van der Waals surface area contributed by atoms with Gasteiger partial charge in [-0.2, -0.15) is 0 Å². The molecule has 1 fully saturated rings. The summed E-state index contributed by atoms with van der Waals surface area (Å²) in [5.74, 6) is -0.819. The molecular formula is C13H18N2O4. The Kier molecular flexibility index (Phi) is 3.78. The third-order valence-electron chi connectivity index (χ3n) is 3.80. The van der Waals surface area contributed by atoms with Gasteiger partial charge in [-0.1, -0.05) is 6.92 Å². The van der Waals surface area contributed by atoms with Gasteiger partial charge in [0.1, 0.15) is 0 Å². The number of carboxylic acids is 1. The van der Waals surface area contributed by atoms with Gasteiger partial charge >= 0.3 is 12.0 Å². The minimum atomic E-state index is -0.819. The van der Waals surface area contributed by atoms with Crippen molar-refractivity contribution in [2.75, 3.05) is 13.1 Å². The second kappa shape index (κ2) is 5.34. The van der Waals surface area contributed by atoms with Crippen LogP contribution in [0, 0.1) is 5.41 Å². The summed E-state index contributed by atoms with van der Waals surface area (Å²) in [6.45, 7) is 2.99. The van der Waals surface area contributed by atoms with Gasteiger partial charge in [-0.05, 0) is 18.9 Å². The summed E-state index contributed by atoms with van der Waals surface area (Å²) in [6, 6.07) is 1.55. The maximum atomic E-state index is 12.0. The Bertz CT molecular complexity index is 457. The highest BCUT2D eigenvalue weighted by Crippen LogP contribution is 2.34. The number of rotatable bonds is 4. The molecule has 104 valence electrons. The fourth-order valence-corrected chi connectivity index (χ4v) is 2.34. The molecule has 1 saturated heterocycles. The van der Waals surface area contributed by atoms with Crippen molar-refractivity contribution < 1.29 is 19.1 Å². The van der Waals surface area contributed by atoms with Gasteiger partial charge in [0.25, 0.3) is 0 Å². The number of aliphatic carboxylic acids is 1. The molecule has 1 atom stereocenters. The largest absolute Gasteiger partial charge is 0.481 e. The van der Waals surface area contributed by atoms with Crippen molar-refractivity contribution in [1.82, 2.24) is 10.2 Å². The van der Waals surface area contributed by atoms with Gasteiger partial charge in [0.05, 0.1) is 17.9 Å². The van der Waals surface area contributed by atoms with E-state index >= 15 is 0 Å². The smallest absolute Gasteiger partial charge is 0.317 e. The highest BCUT2D eigenvalue weighted by molar-refractivity contribution is 5.79. The molecule has 6 nitrogen and oxygen atoms in total. The Morgan fingerprint density at radius 1 is 1.58 bits per heavy atom. The summed E-state index contributed by atoms with van der Waals surface area (Å²) in [5, 5.41) is 12.0. The van der Waals surface area contributed by atoms with Crippen molar-refractivity contribution in [3.8, 4) is 0 Å². The van der Waals surface area contributed by atoms with E-state index in [9.17, 15) is 14.7 Å². The molecule has 1 aromatic heterocycles. The first kappa shape index (κ1) is 13.5. The van der Waals surface area contributed by atoms with Crippen LogP contribution in [0.2, 0.25) is 0 Å². The summed E-state index contributed by atoms with van der Waals surface area (Å²) < 4.78 is 4.91. The van der Waals surface area contributed by atoms with Gasteiger partial charge in [0.15, 0.2) is 0 Å². The lowest BCUT2D eigenvalue weighted by Gasteiger charge is -2.23. The van der Waals surface area contributed by atoms with Crippen LogP contribution < -0.4 is 5.32 Å². The molecule has 0 radical (unpaired) electrons. The van der Waals surface area contributed by atoms with Crippen LogP contribution in [-0.4, -0.2) is 35.1 Å². The van der Waals surface area contributed by atoms with E-state index in [2.05, 4.69) is 5.32 Å². The maximum absolute atomic E-state index is 12.0. The number of carbonyl (C=O) groups is 2. The van der Waals surface area contributed by atoms with E-state index in [1.54, 1.807) is 23.5 Å². The first-order valence-corrected chi connectivity index (χ1v) is 6.34. The van der Waals surface area contributed by atoms with Crippen LogP contribution in [0.4, 0.5) is 4.79 Å². The van der Waals surface area contributed by atoms with Crippen LogP contribution in [0.1, 0.15) is 25.3 Å². The van der Waals surface area contributed by atoms with Crippen molar-refractivity contribution >= 4 is 12.0 Å². The lowest BCUT2D eigenvalue weighted by atomic mass is 9.84. The number of nitrogens with one attached hydrogen (secondary N) is 1. The number of amides is 2. The number of hydrogen-bond acceptors (Lipinski definition) is 3. The minimum Gasteiger partial charge on any atom is -0.481 e. The Morgan fingerprint density at radius 3 is 2.89 bits per heavy atom. The van der Waals surface area contributed by atoms with Crippen LogP contribution in [0.3, 0.4) is 0 Å². The molecule has 2 heterocycles. The maximum Gasteiger partial charge on any atom is 0.317 e. The number of hydrogen-bond donors (Lipinski definition) is 2. The first-order valence-electron chi connectivity index (χ1n) is 6.34. The topological polar surface area (TPSA) is 82.8 Å². The molecule has 2 amide bonds. The minimum absolute atomic E-state index is 0.224. The van der Waals surface area contributed by atoms with Gasteiger partial charge < -0.3 is 19.7 Å². The van der Waals surface area contributed by atoms with E-state index in [1.807, 2.05) is 6.92 Å². The lowest BCUT2D eigenvalue weighted by molar-refractivity contribution is -0.148. The number of urea groups is 1. The molecule has 0 aromatic carbocycles. The van der Waals surface area contributed by atoms with Crippen molar-refractivity contribution in [3.05, 3.63) is 24.2 Å². The summed E-state index contributed by atoms with van der Waals surface area (Å²) in [7, 11) is 0. The summed E-state index contributed by atoms with van der Waals surface area (Å²) in [6.07, 6.45) is 4.16. The highest BCUT2D eigenvalue weighted by Gasteiger charge is 2.44. The van der Waals surface area contributed by atoms with E-state index in [4.69, 9.17) is 4.42 Å². The normalized spacial score (nSPS) is 22.5. The van der Waals surface area contributed by atoms with Crippen LogP contribution >= 0.6 is 0 Å². The zero-order valence-electron chi connectivity index (χ0n) is 10.9. The van der Waals surface area contributed by atoms with E-state index in [0.717, 1.165) is 5.56 Å². The van der Waals surface area contributed by atoms with E-state index in [0.29, 0.717) is 25.9 Å². The average Bonchev–Trinajstić information content (AvgIpc) is 3.05. The fourth-order valence-electron chi connectivity index (χ4n) is 2.34. The molecule has 1 aromatic rings. The number of likely N-dealkylation sites (tertiary alicyclic amines) is 1. The van der Waals surface area contributed by atoms with Crippen molar-refractivity contribution in [2.45, 2.75) is 26.3 Å². The Hall–Kier alpha value is -1.98. The van der Waals surface area contributed by atoms with Crippen LogP contribution in [0.25, 0.3) is 0 Å². The third kappa shape index (κ3) is 2.72. The van der Waals surface area contributed by atoms with Gasteiger partial charge in [-0.25, -0.2) is 4.79 Å². The third-order valence-corrected chi connectivity index (χ3v) is 3.80. The molecular weight excluding hydrogens is 248 g/mol. The molecule has 6 heteroatoms. The Morgan fingerprint density at radius 2 is 2.37 bits per heavy atom. The first-order chi connectivity index (χ1) is 9.07. The van der Waals surface area contributed by atoms with Gasteiger partial charge in [0.2, 0.25) is 0 Å². The molecule has 2 N–H and O–H groups in total. The second-order valence-corrected chi connectivity index (χ2v) is 4.90. The predicted octanol–water partition coefficient (Wildman–Crippen LogP) is 1.68. The van der Waals surface area contributed by atoms with E-state index in [1.165, 1.54) is 0 Å². The van der Waals surface area contributed by atoms with Crippen molar-refractivity contribution in [2.24, 2.45) is 5.41 Å². The standard InChI is InChI=1S/C13H18N2O4/c1-2-13(11(16)17)4-5-15(9-13)12(18)14-7-10-3-6-19-8-10/h3,6,8H,2,4-5,7,9H2,1H3,(H,14,18)(H,16,17). The molecule has 1 aliphatic heterocycles. The molecule has 0 spiro atoms. The van der Waals surface area contributed by atoms with Crippen molar-refractivity contribution in [3.63, 3.8) is 0 Å². The quantitative estimate of drug-likeness (QED) is 0.868. The summed E-state index contributed by atoms with van der Waals surface area (Å²) in [4.78, 5) is 24.8. The highest BCUT2D eigenvalue weighted by atomic mass is 16.4. The Balaban J connectivity index is 1.89. The summed E-state index contributed by atoms with van der Waals surface area (Å²) in [5.41, 5.74) is 0.0972. The van der Waals surface area contributed by atoms with Crippen LogP contribution in [0.15, 0.2) is 23.0 Å². The van der Waals surface area contributed by atoms with E-state index in [-0.39, 0.29) is 12.6 Å². The Labute approximate surface area is 111 Å². The molecule has 2 rings (SSSR count). The lowest BCUT2D eigenvalue weighted by Crippen LogP contribution is -2.41. The molecule has 0 aliphatic carbocycles. The number of carbonyl (C=O) groups excluding carboxylic acids is 1. The fraction of sp³-hybridized carbons (Fsp3) is 0.538. The monoisotopic (exact) mass is 266 g/mol. The van der Waals surface area contributed by atoms with Crippen molar-refractivity contribution in [1.29, 1.82) is 0 Å². The zero-order chi connectivity index (χ0) is 13.9. The predicted molar refractivity (Wildman–Crippen MR) is 67.5 cm³/mol. The molecule has 0 saturated carbocycles. The van der Waals surface area contributed by atoms with Gasteiger partial charge in [0, 0.05) is 25.2 Å². The second-order valence-electron chi connectivity index (χ2n) is 4.90. The van der Waals surface area contributed by atoms with E-state index < -0.39 is 11.4 Å². The SMILES string of the molecule is CCC1(C(=O)O)CCN(C(=O)NCc2ccoc2)C1. The molecule has 1 aliphatic rings. The zero-order valence-corrected chi connectivity index (χ0v) is 10.9. The number of carboxylic acid groups (broad SMARTS) is 1. The number of nitrogens with zero attached hydrogens (tertiary/aromatic N) is 1. The molecule has 0 bridgehead atoms. The molecule has 19 heavy (non-hydrogen) atoms. The molecule has 1 unspecified atom stereocenters. The average molecular weight is 266 g/mol. The van der Waals surface area contributed by atoms with Gasteiger partial charge in [-0.3, -0.25) is 4.79 Å². The summed E-state index contributed by atoms with van der Waals surface area (Å²) >= 11 is 0. The van der Waals surface area contributed by atoms with Gasteiger partial charge in [-0.15, -0.1) is 0 Å². The van der Waals surface area contributed by atoms with Crippen LogP contribution in [0.5, 0.6) is 0 Å². The number of furan rings is 1. The van der Waals surface area contributed by atoms with Crippen LogP contribution in [-0.2, 0) is 11.3 Å².